The van der Waals surface area contributed by atoms with Crippen molar-refractivity contribution in [3.05, 3.63) is 65.7 Å². The number of rotatable bonds is 5. The van der Waals surface area contributed by atoms with E-state index >= 15 is 0 Å². The van der Waals surface area contributed by atoms with Crippen molar-refractivity contribution in [1.82, 2.24) is 0 Å². The summed E-state index contributed by atoms with van der Waals surface area (Å²) in [7, 11) is 0. The lowest BCUT2D eigenvalue weighted by Crippen LogP contribution is -2.20. The van der Waals surface area contributed by atoms with Crippen LogP contribution in [0.5, 0.6) is 0 Å². The molecule has 3 N–H and O–H groups in total. The molecule has 0 aliphatic heterocycles. The molecule has 2 amide bonds. The smallest absolute Gasteiger partial charge is 0.248 e. The molecule has 0 fully saturated rings. The zero-order valence-corrected chi connectivity index (χ0v) is 11.9. The molecule has 0 saturated heterocycles. The molecule has 4 heteroatoms. The van der Waals surface area contributed by atoms with E-state index in [4.69, 9.17) is 5.73 Å². The van der Waals surface area contributed by atoms with Crippen LogP contribution in [0.3, 0.4) is 0 Å². The summed E-state index contributed by atoms with van der Waals surface area (Å²) in [5.74, 6) is -0.735. The van der Waals surface area contributed by atoms with Crippen LogP contribution in [-0.4, -0.2) is 11.8 Å². The van der Waals surface area contributed by atoms with Crippen LogP contribution < -0.4 is 11.1 Å². The van der Waals surface area contributed by atoms with Crippen LogP contribution in [0.4, 0.5) is 5.69 Å². The van der Waals surface area contributed by atoms with E-state index in [1.165, 1.54) is 0 Å². The summed E-state index contributed by atoms with van der Waals surface area (Å²) in [5, 5.41) is 2.87. The van der Waals surface area contributed by atoms with Crippen LogP contribution in [0.25, 0.3) is 0 Å². The maximum atomic E-state index is 12.4. The molecular formula is C17H18N2O2. The van der Waals surface area contributed by atoms with Gasteiger partial charge in [0.2, 0.25) is 11.8 Å². The molecular weight excluding hydrogens is 264 g/mol. The first kappa shape index (κ1) is 14.8. The van der Waals surface area contributed by atoms with Crippen LogP contribution in [0.15, 0.2) is 54.6 Å². The molecule has 21 heavy (non-hydrogen) atoms. The number of benzene rings is 2. The summed E-state index contributed by atoms with van der Waals surface area (Å²) in [6, 6.07) is 16.2. The van der Waals surface area contributed by atoms with Crippen LogP contribution in [0, 0.1) is 0 Å². The first-order chi connectivity index (χ1) is 10.1. The number of nitrogens with two attached hydrogens (primary N) is 1. The van der Waals surface area contributed by atoms with Gasteiger partial charge in [0.05, 0.1) is 5.92 Å². The molecule has 0 aliphatic carbocycles. The van der Waals surface area contributed by atoms with Gasteiger partial charge in [0.15, 0.2) is 0 Å². The molecule has 2 aromatic rings. The quantitative estimate of drug-likeness (QED) is 0.885. The molecule has 0 aromatic heterocycles. The first-order valence-corrected chi connectivity index (χ1v) is 6.87. The van der Waals surface area contributed by atoms with Crippen LogP contribution >= 0.6 is 0 Å². The highest BCUT2D eigenvalue weighted by Gasteiger charge is 2.18. The lowest BCUT2D eigenvalue weighted by Gasteiger charge is -2.15. The summed E-state index contributed by atoms with van der Waals surface area (Å²) >= 11 is 0. The fourth-order valence-corrected chi connectivity index (χ4v) is 2.21. The third-order valence-electron chi connectivity index (χ3n) is 3.36. The Hall–Kier alpha value is -2.62. The second-order valence-corrected chi connectivity index (χ2v) is 4.80. The van der Waals surface area contributed by atoms with Gasteiger partial charge in [0.1, 0.15) is 0 Å². The zero-order valence-electron chi connectivity index (χ0n) is 11.9. The predicted molar refractivity (Wildman–Crippen MR) is 83.1 cm³/mol. The Morgan fingerprint density at radius 1 is 1.05 bits per heavy atom. The summed E-state index contributed by atoms with van der Waals surface area (Å²) in [5.41, 5.74) is 7.25. The Kier molecular flexibility index (Phi) is 4.72. The van der Waals surface area contributed by atoms with E-state index in [0.29, 0.717) is 11.3 Å². The lowest BCUT2D eigenvalue weighted by molar-refractivity contribution is -0.117. The Balaban J connectivity index is 2.11. The first-order valence-electron chi connectivity index (χ1n) is 6.87. The largest absolute Gasteiger partial charge is 0.366 e. The molecule has 0 radical (unpaired) electrons. The number of anilines is 1. The third kappa shape index (κ3) is 3.69. The minimum absolute atomic E-state index is 0.0597. The summed E-state index contributed by atoms with van der Waals surface area (Å²) in [6.07, 6.45) is 0.717. The number of hydrogen-bond donors (Lipinski definition) is 2. The molecule has 0 aliphatic rings. The Labute approximate surface area is 124 Å². The van der Waals surface area contributed by atoms with E-state index < -0.39 is 5.91 Å². The van der Waals surface area contributed by atoms with Crippen molar-refractivity contribution in [2.45, 2.75) is 19.3 Å². The summed E-state index contributed by atoms with van der Waals surface area (Å²) in [6.45, 7) is 1.98. The molecule has 4 nitrogen and oxygen atoms in total. The highest BCUT2D eigenvalue weighted by atomic mass is 16.2. The fourth-order valence-electron chi connectivity index (χ4n) is 2.21. The maximum Gasteiger partial charge on any atom is 0.248 e. The number of primary amides is 1. The Morgan fingerprint density at radius 3 is 2.19 bits per heavy atom. The molecule has 0 spiro atoms. The van der Waals surface area contributed by atoms with Crippen LogP contribution in [0.1, 0.15) is 35.2 Å². The van der Waals surface area contributed by atoms with Crippen LogP contribution in [-0.2, 0) is 4.79 Å². The van der Waals surface area contributed by atoms with Gasteiger partial charge in [-0.15, -0.1) is 0 Å². The highest BCUT2D eigenvalue weighted by molar-refractivity contribution is 5.97. The number of hydrogen-bond acceptors (Lipinski definition) is 2. The van der Waals surface area contributed by atoms with Crippen molar-refractivity contribution in [2.75, 3.05) is 5.32 Å². The van der Waals surface area contributed by atoms with Gasteiger partial charge in [-0.25, -0.2) is 0 Å². The van der Waals surface area contributed by atoms with Gasteiger partial charge < -0.3 is 11.1 Å². The summed E-state index contributed by atoms with van der Waals surface area (Å²) < 4.78 is 0. The minimum atomic E-state index is -0.483. The van der Waals surface area contributed by atoms with Crippen molar-refractivity contribution in [1.29, 1.82) is 0 Å². The van der Waals surface area contributed by atoms with Crippen LogP contribution in [0.2, 0.25) is 0 Å². The molecule has 108 valence electrons. The van der Waals surface area contributed by atoms with Gasteiger partial charge >= 0.3 is 0 Å². The molecule has 1 atom stereocenters. The lowest BCUT2D eigenvalue weighted by atomic mass is 9.95. The zero-order chi connectivity index (χ0) is 15.2. The second-order valence-electron chi connectivity index (χ2n) is 4.80. The maximum absolute atomic E-state index is 12.4. The molecule has 0 heterocycles. The van der Waals surface area contributed by atoms with Crippen molar-refractivity contribution in [3.63, 3.8) is 0 Å². The van der Waals surface area contributed by atoms with E-state index in [2.05, 4.69) is 5.32 Å². The van der Waals surface area contributed by atoms with Gasteiger partial charge in [-0.05, 0) is 36.2 Å². The van der Waals surface area contributed by atoms with E-state index in [-0.39, 0.29) is 11.8 Å². The normalized spacial score (nSPS) is 11.7. The Morgan fingerprint density at radius 2 is 1.67 bits per heavy atom. The topological polar surface area (TPSA) is 72.2 Å². The van der Waals surface area contributed by atoms with Gasteiger partial charge in [0, 0.05) is 11.3 Å². The van der Waals surface area contributed by atoms with Crippen molar-refractivity contribution >= 4 is 17.5 Å². The number of carbonyl (C=O) groups is 2. The predicted octanol–water partition coefficient (Wildman–Crippen LogP) is 2.92. The Bertz CT molecular complexity index is 621. The SMILES string of the molecule is CCC(C(=O)Nc1ccc(C(N)=O)cc1)c1ccccc1. The van der Waals surface area contributed by atoms with E-state index in [1.54, 1.807) is 24.3 Å². The number of nitrogens with one attached hydrogen (secondary N) is 1. The summed E-state index contributed by atoms with van der Waals surface area (Å²) in [4.78, 5) is 23.4. The van der Waals surface area contributed by atoms with Gasteiger partial charge in [-0.2, -0.15) is 0 Å². The van der Waals surface area contributed by atoms with Gasteiger partial charge in [0.25, 0.3) is 0 Å². The van der Waals surface area contributed by atoms with Gasteiger partial charge in [-0.1, -0.05) is 37.3 Å². The molecule has 0 saturated carbocycles. The van der Waals surface area contributed by atoms with E-state index in [1.807, 2.05) is 37.3 Å². The minimum Gasteiger partial charge on any atom is -0.366 e. The molecule has 0 bridgehead atoms. The van der Waals surface area contributed by atoms with Crippen molar-refractivity contribution in [2.24, 2.45) is 5.73 Å². The average Bonchev–Trinajstić information content (AvgIpc) is 2.49. The fraction of sp³-hybridized carbons (Fsp3) is 0.176. The van der Waals surface area contributed by atoms with Crippen molar-refractivity contribution < 1.29 is 9.59 Å². The third-order valence-corrected chi connectivity index (χ3v) is 3.36. The van der Waals surface area contributed by atoms with Crippen molar-refractivity contribution in [3.8, 4) is 0 Å². The van der Waals surface area contributed by atoms with Gasteiger partial charge in [-0.3, -0.25) is 9.59 Å². The second kappa shape index (κ2) is 6.70. The van der Waals surface area contributed by atoms with E-state index in [9.17, 15) is 9.59 Å². The highest BCUT2D eigenvalue weighted by Crippen LogP contribution is 2.21. The molecule has 2 rings (SSSR count). The molecule has 1 unspecified atom stereocenters. The number of carbonyl (C=O) groups excluding carboxylic acids is 2. The number of amides is 2. The molecule has 2 aromatic carbocycles. The van der Waals surface area contributed by atoms with E-state index in [0.717, 1.165) is 12.0 Å². The average molecular weight is 282 g/mol. The standard InChI is InChI=1S/C17H18N2O2/c1-2-15(12-6-4-3-5-7-12)17(21)19-14-10-8-13(9-11-14)16(18)20/h3-11,15H,2H2,1H3,(H2,18,20)(H,19,21). The monoisotopic (exact) mass is 282 g/mol.